The van der Waals surface area contributed by atoms with Gasteiger partial charge in [0.2, 0.25) is 0 Å². The third kappa shape index (κ3) is 3.57. The van der Waals surface area contributed by atoms with Crippen LogP contribution in [0, 0.1) is 5.92 Å². The molecule has 0 bridgehead atoms. The minimum absolute atomic E-state index is 0.294. The van der Waals surface area contributed by atoms with Crippen molar-refractivity contribution in [3.63, 3.8) is 0 Å². The third-order valence-electron chi connectivity index (χ3n) is 2.56. The smallest absolute Gasteiger partial charge is 0.306 e. The number of carbonyl (C=O) groups is 1. The van der Waals surface area contributed by atoms with Gasteiger partial charge in [0.25, 0.3) is 0 Å². The summed E-state index contributed by atoms with van der Waals surface area (Å²) in [6.07, 6.45) is 1.24. The Morgan fingerprint density at radius 1 is 1.31 bits per heavy atom. The molecule has 0 fully saturated rings. The van der Waals surface area contributed by atoms with Gasteiger partial charge >= 0.3 is 5.97 Å². The van der Waals surface area contributed by atoms with Crippen LogP contribution in [-0.4, -0.2) is 17.7 Å². The van der Waals surface area contributed by atoms with E-state index in [-0.39, 0.29) is 5.92 Å². The first-order valence-corrected chi connectivity index (χ1v) is 5.61. The van der Waals surface area contributed by atoms with E-state index in [1.807, 2.05) is 38.1 Å². The Morgan fingerprint density at radius 2 is 1.94 bits per heavy atom. The molecule has 1 N–H and O–H groups in total. The lowest BCUT2D eigenvalue weighted by Gasteiger charge is -2.10. The molecule has 0 spiro atoms. The van der Waals surface area contributed by atoms with Crippen molar-refractivity contribution in [1.29, 1.82) is 0 Å². The van der Waals surface area contributed by atoms with E-state index < -0.39 is 5.97 Å². The second-order valence-corrected chi connectivity index (χ2v) is 3.72. The van der Waals surface area contributed by atoms with E-state index in [2.05, 4.69) is 0 Å². The van der Waals surface area contributed by atoms with Crippen LogP contribution in [0.4, 0.5) is 0 Å². The van der Waals surface area contributed by atoms with Gasteiger partial charge in [0.15, 0.2) is 0 Å². The zero-order valence-corrected chi connectivity index (χ0v) is 9.77. The van der Waals surface area contributed by atoms with Crippen LogP contribution in [0.25, 0.3) is 0 Å². The van der Waals surface area contributed by atoms with Crippen molar-refractivity contribution in [1.82, 2.24) is 0 Å². The first kappa shape index (κ1) is 12.6. The lowest BCUT2D eigenvalue weighted by molar-refractivity contribution is -0.141. The average molecular weight is 222 g/mol. The van der Waals surface area contributed by atoms with Crippen LogP contribution in [0.5, 0.6) is 5.75 Å². The van der Waals surface area contributed by atoms with Crippen LogP contribution in [0.2, 0.25) is 0 Å². The molecule has 0 unspecified atom stereocenters. The van der Waals surface area contributed by atoms with Gasteiger partial charge in [-0.1, -0.05) is 19.1 Å². The van der Waals surface area contributed by atoms with Gasteiger partial charge in [-0.05, 0) is 37.5 Å². The molecule has 1 rings (SSSR count). The normalized spacial score (nSPS) is 12.1. The average Bonchev–Trinajstić information content (AvgIpc) is 2.28. The Kier molecular flexibility index (Phi) is 4.83. The molecule has 1 aromatic carbocycles. The van der Waals surface area contributed by atoms with Gasteiger partial charge in [0.1, 0.15) is 5.75 Å². The van der Waals surface area contributed by atoms with Crippen LogP contribution in [0.1, 0.15) is 25.8 Å². The van der Waals surface area contributed by atoms with Crippen LogP contribution >= 0.6 is 0 Å². The second kappa shape index (κ2) is 6.16. The van der Waals surface area contributed by atoms with Crippen molar-refractivity contribution in [2.75, 3.05) is 6.61 Å². The molecule has 1 aromatic rings. The zero-order chi connectivity index (χ0) is 12.0. The Morgan fingerprint density at radius 3 is 2.38 bits per heavy atom. The quantitative estimate of drug-likeness (QED) is 0.805. The molecule has 3 heteroatoms. The lowest BCUT2D eigenvalue weighted by atomic mass is 9.97. The van der Waals surface area contributed by atoms with E-state index in [0.717, 1.165) is 11.3 Å². The molecule has 0 saturated carbocycles. The molecule has 0 aromatic heterocycles. The van der Waals surface area contributed by atoms with Crippen molar-refractivity contribution in [2.45, 2.75) is 26.7 Å². The molecule has 1 atom stereocenters. The highest BCUT2D eigenvalue weighted by atomic mass is 16.5. The summed E-state index contributed by atoms with van der Waals surface area (Å²) in [7, 11) is 0. The van der Waals surface area contributed by atoms with Crippen LogP contribution < -0.4 is 4.74 Å². The number of benzene rings is 1. The number of hydrogen-bond donors (Lipinski definition) is 1. The van der Waals surface area contributed by atoms with Gasteiger partial charge in [-0.3, -0.25) is 4.79 Å². The topological polar surface area (TPSA) is 46.5 Å². The maximum absolute atomic E-state index is 10.9. The monoisotopic (exact) mass is 222 g/mol. The molecule has 88 valence electrons. The first-order chi connectivity index (χ1) is 7.67. The fraction of sp³-hybridized carbons (Fsp3) is 0.462. The van der Waals surface area contributed by atoms with Gasteiger partial charge in [-0.25, -0.2) is 0 Å². The number of aliphatic carboxylic acids is 1. The summed E-state index contributed by atoms with van der Waals surface area (Å²) in [6.45, 7) is 4.48. The molecule has 0 saturated heterocycles. The van der Waals surface area contributed by atoms with Crippen molar-refractivity contribution in [3.8, 4) is 5.75 Å². The van der Waals surface area contributed by atoms with E-state index in [9.17, 15) is 4.79 Å². The molecule has 3 nitrogen and oxygen atoms in total. The Hall–Kier alpha value is -1.51. The predicted octanol–water partition coefficient (Wildman–Crippen LogP) is 2.74. The summed E-state index contributed by atoms with van der Waals surface area (Å²) in [4.78, 5) is 10.9. The molecular weight excluding hydrogens is 204 g/mol. The third-order valence-corrected chi connectivity index (χ3v) is 2.56. The predicted molar refractivity (Wildman–Crippen MR) is 62.7 cm³/mol. The summed E-state index contributed by atoms with van der Waals surface area (Å²) in [6, 6.07) is 7.62. The SMILES string of the molecule is CCOc1ccc(C[C@@H](CC)C(=O)O)cc1. The van der Waals surface area contributed by atoms with Crippen molar-refractivity contribution >= 4 is 5.97 Å². The number of carboxylic acid groups (broad SMARTS) is 1. The van der Waals surface area contributed by atoms with E-state index in [1.165, 1.54) is 0 Å². The summed E-state index contributed by atoms with van der Waals surface area (Å²) < 4.78 is 5.32. The van der Waals surface area contributed by atoms with Gasteiger partial charge < -0.3 is 9.84 Å². The molecule has 0 radical (unpaired) electrons. The molecule has 16 heavy (non-hydrogen) atoms. The largest absolute Gasteiger partial charge is 0.494 e. The highest BCUT2D eigenvalue weighted by Gasteiger charge is 2.15. The Labute approximate surface area is 96.1 Å². The van der Waals surface area contributed by atoms with Crippen molar-refractivity contribution in [3.05, 3.63) is 29.8 Å². The number of carboxylic acids is 1. The first-order valence-electron chi connectivity index (χ1n) is 5.61. The molecule has 0 aliphatic rings. The van der Waals surface area contributed by atoms with Gasteiger partial charge in [0.05, 0.1) is 12.5 Å². The molecule has 0 amide bonds. The van der Waals surface area contributed by atoms with Crippen molar-refractivity contribution in [2.24, 2.45) is 5.92 Å². The number of rotatable bonds is 6. The minimum atomic E-state index is -0.726. The molecule has 0 aliphatic carbocycles. The van der Waals surface area contributed by atoms with E-state index in [4.69, 9.17) is 9.84 Å². The summed E-state index contributed by atoms with van der Waals surface area (Å²) in [5.74, 6) is -0.191. The summed E-state index contributed by atoms with van der Waals surface area (Å²) >= 11 is 0. The Balaban J connectivity index is 2.63. The fourth-order valence-electron chi connectivity index (χ4n) is 1.58. The van der Waals surface area contributed by atoms with Crippen LogP contribution in [-0.2, 0) is 11.2 Å². The number of ether oxygens (including phenoxy) is 1. The maximum atomic E-state index is 10.9. The van der Waals surface area contributed by atoms with Crippen LogP contribution in [0.3, 0.4) is 0 Å². The number of hydrogen-bond acceptors (Lipinski definition) is 2. The minimum Gasteiger partial charge on any atom is -0.494 e. The standard InChI is InChI=1S/C13H18O3/c1-3-11(13(14)15)9-10-5-7-12(8-6-10)16-4-2/h5-8,11H,3-4,9H2,1-2H3,(H,14,15)/t11-/m1/s1. The maximum Gasteiger partial charge on any atom is 0.306 e. The summed E-state index contributed by atoms with van der Waals surface area (Å²) in [5.41, 5.74) is 1.04. The van der Waals surface area contributed by atoms with Gasteiger partial charge in [0, 0.05) is 0 Å². The van der Waals surface area contributed by atoms with Gasteiger partial charge in [-0.2, -0.15) is 0 Å². The second-order valence-electron chi connectivity index (χ2n) is 3.72. The van der Waals surface area contributed by atoms with Gasteiger partial charge in [-0.15, -0.1) is 0 Å². The Bertz CT molecular complexity index is 330. The highest BCUT2D eigenvalue weighted by molar-refractivity contribution is 5.70. The molecule has 0 aliphatic heterocycles. The van der Waals surface area contributed by atoms with Crippen molar-refractivity contribution < 1.29 is 14.6 Å². The summed E-state index contributed by atoms with van der Waals surface area (Å²) in [5, 5.41) is 8.95. The fourth-order valence-corrected chi connectivity index (χ4v) is 1.58. The van der Waals surface area contributed by atoms with E-state index in [0.29, 0.717) is 19.4 Å². The molecule has 0 heterocycles. The zero-order valence-electron chi connectivity index (χ0n) is 9.77. The lowest BCUT2D eigenvalue weighted by Crippen LogP contribution is -2.15. The molecular formula is C13H18O3. The highest BCUT2D eigenvalue weighted by Crippen LogP contribution is 2.16. The van der Waals surface area contributed by atoms with E-state index in [1.54, 1.807) is 0 Å². The van der Waals surface area contributed by atoms with E-state index >= 15 is 0 Å². The van der Waals surface area contributed by atoms with Crippen LogP contribution in [0.15, 0.2) is 24.3 Å².